The molecule has 0 radical (unpaired) electrons. The van der Waals surface area contributed by atoms with Crippen LogP contribution in [-0.2, 0) is 11.3 Å². The zero-order valence-electron chi connectivity index (χ0n) is 15.1. The van der Waals surface area contributed by atoms with Crippen molar-refractivity contribution in [2.75, 3.05) is 13.1 Å². The standard InChI is InChI=1S/C21H22ClN3O2/c22-18-5-1-4-17(13-18)20(27)24-11-8-21(9-12-24)7-6-19(26)25(21)15-16-3-2-10-23-14-16/h1-5,10,13-14H,6-9,11-12,15H2. The highest BCUT2D eigenvalue weighted by Crippen LogP contribution is 2.40. The predicted molar refractivity (Wildman–Crippen MR) is 103 cm³/mol. The van der Waals surface area contributed by atoms with Crippen LogP contribution in [0.3, 0.4) is 0 Å². The Labute approximate surface area is 163 Å². The minimum atomic E-state index is -0.141. The Morgan fingerprint density at radius 2 is 1.96 bits per heavy atom. The Hall–Kier alpha value is -2.40. The summed E-state index contributed by atoms with van der Waals surface area (Å²) in [4.78, 5) is 33.4. The van der Waals surface area contributed by atoms with Crippen molar-refractivity contribution >= 4 is 23.4 Å². The molecule has 2 aliphatic heterocycles. The first-order valence-corrected chi connectivity index (χ1v) is 9.69. The van der Waals surface area contributed by atoms with Crippen molar-refractivity contribution in [3.05, 3.63) is 64.9 Å². The SMILES string of the molecule is O=C(c1cccc(Cl)c1)N1CCC2(CCC(=O)N2Cc2cccnc2)CC1. The van der Waals surface area contributed by atoms with Crippen molar-refractivity contribution in [1.82, 2.24) is 14.8 Å². The fourth-order valence-corrected chi connectivity index (χ4v) is 4.44. The molecule has 140 valence electrons. The van der Waals surface area contributed by atoms with Gasteiger partial charge in [-0.25, -0.2) is 0 Å². The van der Waals surface area contributed by atoms with Crippen molar-refractivity contribution in [3.63, 3.8) is 0 Å². The van der Waals surface area contributed by atoms with Gasteiger partial charge in [0.1, 0.15) is 0 Å². The lowest BCUT2D eigenvalue weighted by molar-refractivity contribution is -0.133. The van der Waals surface area contributed by atoms with Gasteiger partial charge >= 0.3 is 0 Å². The lowest BCUT2D eigenvalue weighted by atomic mass is 9.84. The van der Waals surface area contributed by atoms with Gasteiger partial charge in [-0.3, -0.25) is 14.6 Å². The summed E-state index contributed by atoms with van der Waals surface area (Å²) >= 11 is 6.02. The van der Waals surface area contributed by atoms with E-state index in [0.29, 0.717) is 36.6 Å². The number of amides is 2. The average molecular weight is 384 g/mol. The Balaban J connectivity index is 1.46. The lowest BCUT2D eigenvalue weighted by Gasteiger charge is -2.45. The number of rotatable bonds is 3. The molecule has 0 atom stereocenters. The summed E-state index contributed by atoms with van der Waals surface area (Å²) in [6.07, 6.45) is 6.63. The van der Waals surface area contributed by atoms with Gasteiger partial charge in [0, 0.05) is 54.6 Å². The fourth-order valence-electron chi connectivity index (χ4n) is 4.25. The Bertz CT molecular complexity index is 848. The molecule has 2 amide bonds. The van der Waals surface area contributed by atoms with Gasteiger partial charge in [-0.15, -0.1) is 0 Å². The molecule has 3 heterocycles. The van der Waals surface area contributed by atoms with E-state index in [1.54, 1.807) is 30.5 Å². The normalized spacial score (nSPS) is 18.9. The number of carbonyl (C=O) groups excluding carboxylic acids is 2. The molecule has 4 rings (SSSR count). The monoisotopic (exact) mass is 383 g/mol. The van der Waals surface area contributed by atoms with Crippen LogP contribution in [0.4, 0.5) is 0 Å². The molecule has 2 aromatic rings. The number of hydrogen-bond donors (Lipinski definition) is 0. The first kappa shape index (κ1) is 18.0. The van der Waals surface area contributed by atoms with Gasteiger partial charge in [-0.1, -0.05) is 23.7 Å². The molecule has 1 aromatic carbocycles. The Morgan fingerprint density at radius 3 is 2.67 bits per heavy atom. The third-order valence-corrected chi connectivity index (χ3v) is 6.03. The van der Waals surface area contributed by atoms with E-state index in [9.17, 15) is 9.59 Å². The second-order valence-electron chi connectivity index (χ2n) is 7.37. The summed E-state index contributed by atoms with van der Waals surface area (Å²) in [5, 5.41) is 0.568. The number of likely N-dealkylation sites (tertiary alicyclic amines) is 2. The van der Waals surface area contributed by atoms with Crippen molar-refractivity contribution in [2.45, 2.75) is 37.8 Å². The van der Waals surface area contributed by atoms with Crippen molar-refractivity contribution in [2.24, 2.45) is 0 Å². The van der Waals surface area contributed by atoms with Crippen molar-refractivity contribution < 1.29 is 9.59 Å². The summed E-state index contributed by atoms with van der Waals surface area (Å²) in [7, 11) is 0. The second-order valence-corrected chi connectivity index (χ2v) is 7.80. The first-order valence-electron chi connectivity index (χ1n) is 9.32. The summed E-state index contributed by atoms with van der Waals surface area (Å²) in [6, 6.07) is 11.0. The zero-order chi connectivity index (χ0) is 18.9. The van der Waals surface area contributed by atoms with E-state index in [1.807, 2.05) is 28.1 Å². The summed E-state index contributed by atoms with van der Waals surface area (Å²) in [6.45, 7) is 1.90. The lowest BCUT2D eigenvalue weighted by Crippen LogP contribution is -2.53. The first-order chi connectivity index (χ1) is 13.1. The maximum Gasteiger partial charge on any atom is 0.253 e. The minimum absolute atomic E-state index is 0.00971. The number of nitrogens with zero attached hydrogens (tertiary/aromatic N) is 3. The van der Waals surface area contributed by atoms with Gasteiger partial charge in [0.05, 0.1) is 0 Å². The number of halogens is 1. The molecule has 6 heteroatoms. The van der Waals surface area contributed by atoms with E-state index in [1.165, 1.54) is 0 Å². The van der Waals surface area contributed by atoms with Crippen LogP contribution in [0.5, 0.6) is 0 Å². The summed E-state index contributed by atoms with van der Waals surface area (Å²) in [5.74, 6) is 0.212. The smallest absolute Gasteiger partial charge is 0.253 e. The van der Waals surface area contributed by atoms with Crippen LogP contribution >= 0.6 is 11.6 Å². The molecular formula is C21H22ClN3O2. The molecule has 0 bridgehead atoms. The van der Waals surface area contributed by atoms with Crippen LogP contribution in [0.2, 0.25) is 5.02 Å². The van der Waals surface area contributed by atoms with E-state index in [4.69, 9.17) is 11.6 Å². The minimum Gasteiger partial charge on any atom is -0.338 e. The number of carbonyl (C=O) groups is 2. The van der Waals surface area contributed by atoms with E-state index >= 15 is 0 Å². The highest BCUT2D eigenvalue weighted by atomic mass is 35.5. The van der Waals surface area contributed by atoms with Gasteiger partial charge in [-0.05, 0) is 49.1 Å². The molecule has 0 aliphatic carbocycles. The van der Waals surface area contributed by atoms with E-state index < -0.39 is 0 Å². The Kier molecular flexibility index (Phi) is 4.87. The highest BCUT2D eigenvalue weighted by molar-refractivity contribution is 6.30. The number of hydrogen-bond acceptors (Lipinski definition) is 3. The Morgan fingerprint density at radius 1 is 1.15 bits per heavy atom. The van der Waals surface area contributed by atoms with Crippen LogP contribution in [0.15, 0.2) is 48.8 Å². The van der Waals surface area contributed by atoms with Crippen LogP contribution < -0.4 is 0 Å². The number of aromatic nitrogens is 1. The average Bonchev–Trinajstić information content (AvgIpc) is 2.99. The van der Waals surface area contributed by atoms with Crippen LogP contribution in [-0.4, -0.2) is 45.2 Å². The van der Waals surface area contributed by atoms with E-state index in [2.05, 4.69) is 4.98 Å². The molecule has 27 heavy (non-hydrogen) atoms. The summed E-state index contributed by atoms with van der Waals surface area (Å²) in [5.41, 5.74) is 1.52. The topological polar surface area (TPSA) is 53.5 Å². The number of pyridine rings is 1. The second kappa shape index (κ2) is 7.31. The quantitative estimate of drug-likeness (QED) is 0.814. The maximum absolute atomic E-state index is 12.8. The van der Waals surface area contributed by atoms with Crippen LogP contribution in [0.25, 0.3) is 0 Å². The van der Waals surface area contributed by atoms with Gasteiger partial charge in [0.25, 0.3) is 5.91 Å². The van der Waals surface area contributed by atoms with E-state index in [0.717, 1.165) is 24.8 Å². The highest BCUT2D eigenvalue weighted by Gasteiger charge is 2.47. The molecular weight excluding hydrogens is 362 g/mol. The maximum atomic E-state index is 12.8. The van der Waals surface area contributed by atoms with Gasteiger partial charge in [0.15, 0.2) is 0 Å². The molecule has 1 aromatic heterocycles. The van der Waals surface area contributed by atoms with E-state index in [-0.39, 0.29) is 17.4 Å². The van der Waals surface area contributed by atoms with Crippen molar-refractivity contribution in [1.29, 1.82) is 0 Å². The van der Waals surface area contributed by atoms with Crippen LogP contribution in [0.1, 0.15) is 41.6 Å². The molecule has 5 nitrogen and oxygen atoms in total. The van der Waals surface area contributed by atoms with Crippen molar-refractivity contribution in [3.8, 4) is 0 Å². The largest absolute Gasteiger partial charge is 0.338 e. The summed E-state index contributed by atoms with van der Waals surface area (Å²) < 4.78 is 0. The molecule has 0 N–H and O–H groups in total. The molecule has 0 unspecified atom stereocenters. The number of piperidine rings is 1. The van der Waals surface area contributed by atoms with Crippen LogP contribution in [0, 0.1) is 0 Å². The molecule has 1 spiro atoms. The number of benzene rings is 1. The molecule has 0 saturated carbocycles. The van der Waals surface area contributed by atoms with Gasteiger partial charge < -0.3 is 9.80 Å². The predicted octanol–water partition coefficient (Wildman–Crippen LogP) is 3.53. The van der Waals surface area contributed by atoms with Gasteiger partial charge in [0.2, 0.25) is 5.91 Å². The molecule has 2 aliphatic rings. The molecule has 2 fully saturated rings. The molecule has 2 saturated heterocycles. The third kappa shape index (κ3) is 3.56. The van der Waals surface area contributed by atoms with Gasteiger partial charge in [-0.2, -0.15) is 0 Å². The third-order valence-electron chi connectivity index (χ3n) is 5.79. The zero-order valence-corrected chi connectivity index (χ0v) is 15.9. The fraction of sp³-hybridized carbons (Fsp3) is 0.381.